The third-order valence-electron chi connectivity index (χ3n) is 3.10. The number of nitrogens with zero attached hydrogens (tertiary/aromatic N) is 1. The molecule has 80 valence electrons. The molecule has 2 rings (SSSR count). The lowest BCUT2D eigenvalue weighted by atomic mass is 10.1. The molecule has 2 atom stereocenters. The van der Waals surface area contributed by atoms with Crippen molar-refractivity contribution in [2.45, 2.75) is 43.5 Å². The van der Waals surface area contributed by atoms with Crippen LogP contribution in [0.15, 0.2) is 0 Å². The highest BCUT2D eigenvalue weighted by molar-refractivity contribution is 8.00. The van der Waals surface area contributed by atoms with Crippen molar-refractivity contribution < 1.29 is 9.90 Å². The Kier molecular flexibility index (Phi) is 3.02. The summed E-state index contributed by atoms with van der Waals surface area (Å²) in [6.45, 7) is 2.46. The van der Waals surface area contributed by atoms with Gasteiger partial charge in [0.05, 0.1) is 6.54 Å². The van der Waals surface area contributed by atoms with Gasteiger partial charge in [0, 0.05) is 17.3 Å². The normalized spacial score (nSPS) is 32.4. The molecule has 2 unspecified atom stereocenters. The summed E-state index contributed by atoms with van der Waals surface area (Å²) in [5.41, 5.74) is 0. The van der Waals surface area contributed by atoms with Crippen molar-refractivity contribution in [2.24, 2.45) is 0 Å². The number of carbonyl (C=O) groups is 1. The Labute approximate surface area is 88.9 Å². The van der Waals surface area contributed by atoms with E-state index in [1.165, 1.54) is 18.6 Å². The number of thioether (sulfide) groups is 1. The molecule has 0 amide bonds. The van der Waals surface area contributed by atoms with Crippen LogP contribution in [0.5, 0.6) is 0 Å². The third kappa shape index (κ3) is 2.23. The number of hydrogen-bond donors (Lipinski definition) is 1. The van der Waals surface area contributed by atoms with Crippen LogP contribution in [-0.2, 0) is 4.79 Å². The van der Waals surface area contributed by atoms with Gasteiger partial charge in [-0.05, 0) is 25.0 Å². The van der Waals surface area contributed by atoms with Crippen molar-refractivity contribution in [1.29, 1.82) is 0 Å². The average Bonchev–Trinajstić information content (AvgIpc) is 2.86. The SMILES string of the molecule is CC1SCCC1N(CC(=O)O)C1CC1. The van der Waals surface area contributed by atoms with E-state index in [0.29, 0.717) is 17.3 Å². The van der Waals surface area contributed by atoms with Crippen LogP contribution in [0, 0.1) is 0 Å². The first kappa shape index (κ1) is 10.3. The Hall–Kier alpha value is -0.220. The molecule has 4 heteroatoms. The van der Waals surface area contributed by atoms with Gasteiger partial charge in [0.1, 0.15) is 0 Å². The number of rotatable bonds is 4. The van der Waals surface area contributed by atoms with Gasteiger partial charge in [-0.1, -0.05) is 6.92 Å². The highest BCUT2D eigenvalue weighted by Crippen LogP contribution is 2.36. The molecule has 2 aliphatic rings. The second-order valence-electron chi connectivity index (χ2n) is 4.23. The fourth-order valence-corrected chi connectivity index (χ4v) is 3.50. The summed E-state index contributed by atoms with van der Waals surface area (Å²) in [6, 6.07) is 1.07. The number of hydrogen-bond acceptors (Lipinski definition) is 3. The molecule has 0 spiro atoms. The fraction of sp³-hybridized carbons (Fsp3) is 0.900. The molecule has 1 aliphatic carbocycles. The van der Waals surface area contributed by atoms with Gasteiger partial charge in [0.15, 0.2) is 0 Å². The van der Waals surface area contributed by atoms with E-state index < -0.39 is 5.97 Å². The van der Waals surface area contributed by atoms with Crippen molar-refractivity contribution >= 4 is 17.7 Å². The van der Waals surface area contributed by atoms with Gasteiger partial charge in [-0.25, -0.2) is 0 Å². The van der Waals surface area contributed by atoms with Crippen LogP contribution in [0.3, 0.4) is 0 Å². The Morgan fingerprint density at radius 3 is 2.64 bits per heavy atom. The largest absolute Gasteiger partial charge is 0.480 e. The molecule has 1 saturated carbocycles. The Bertz CT molecular complexity index is 230. The summed E-state index contributed by atoms with van der Waals surface area (Å²) >= 11 is 1.97. The first-order chi connectivity index (χ1) is 6.68. The van der Waals surface area contributed by atoms with Crippen LogP contribution in [0.25, 0.3) is 0 Å². The monoisotopic (exact) mass is 215 g/mol. The smallest absolute Gasteiger partial charge is 0.317 e. The van der Waals surface area contributed by atoms with Gasteiger partial charge in [-0.3, -0.25) is 9.69 Å². The summed E-state index contributed by atoms with van der Waals surface area (Å²) < 4.78 is 0. The zero-order valence-electron chi connectivity index (χ0n) is 8.48. The van der Waals surface area contributed by atoms with Gasteiger partial charge in [-0.2, -0.15) is 11.8 Å². The molecular weight excluding hydrogens is 198 g/mol. The van der Waals surface area contributed by atoms with Crippen LogP contribution in [0.2, 0.25) is 0 Å². The summed E-state index contributed by atoms with van der Waals surface area (Å²) in [7, 11) is 0. The van der Waals surface area contributed by atoms with E-state index in [2.05, 4.69) is 11.8 Å². The zero-order chi connectivity index (χ0) is 10.1. The number of carboxylic acids is 1. The molecule has 0 aromatic heterocycles. The molecule has 0 aromatic carbocycles. The van der Waals surface area contributed by atoms with Gasteiger partial charge in [-0.15, -0.1) is 0 Å². The summed E-state index contributed by atoms with van der Waals surface area (Å²) in [6.07, 6.45) is 3.55. The van der Waals surface area contributed by atoms with Crippen molar-refractivity contribution in [3.05, 3.63) is 0 Å². The van der Waals surface area contributed by atoms with Crippen LogP contribution >= 0.6 is 11.8 Å². The summed E-state index contributed by atoms with van der Waals surface area (Å²) in [5.74, 6) is 0.510. The van der Waals surface area contributed by atoms with E-state index in [1.807, 2.05) is 11.8 Å². The lowest BCUT2D eigenvalue weighted by Crippen LogP contribution is -2.43. The topological polar surface area (TPSA) is 40.5 Å². The highest BCUT2D eigenvalue weighted by atomic mass is 32.2. The number of carboxylic acid groups (broad SMARTS) is 1. The van der Waals surface area contributed by atoms with E-state index in [-0.39, 0.29) is 6.54 Å². The lowest BCUT2D eigenvalue weighted by Gasteiger charge is -2.29. The second-order valence-corrected chi connectivity index (χ2v) is 5.71. The van der Waals surface area contributed by atoms with E-state index in [0.717, 1.165) is 6.42 Å². The van der Waals surface area contributed by atoms with Crippen LogP contribution < -0.4 is 0 Å². The van der Waals surface area contributed by atoms with Gasteiger partial charge in [0.2, 0.25) is 0 Å². The van der Waals surface area contributed by atoms with Crippen molar-refractivity contribution in [2.75, 3.05) is 12.3 Å². The molecule has 3 nitrogen and oxygen atoms in total. The van der Waals surface area contributed by atoms with Crippen molar-refractivity contribution in [1.82, 2.24) is 4.90 Å². The minimum Gasteiger partial charge on any atom is -0.480 e. The Morgan fingerprint density at radius 2 is 2.21 bits per heavy atom. The maximum atomic E-state index is 10.8. The molecular formula is C10H17NO2S. The first-order valence-corrected chi connectivity index (χ1v) is 6.32. The Balaban J connectivity index is 1.98. The predicted molar refractivity (Wildman–Crippen MR) is 57.7 cm³/mol. The average molecular weight is 215 g/mol. The minimum atomic E-state index is -0.680. The van der Waals surface area contributed by atoms with Crippen molar-refractivity contribution in [3.8, 4) is 0 Å². The maximum absolute atomic E-state index is 10.8. The van der Waals surface area contributed by atoms with E-state index >= 15 is 0 Å². The van der Waals surface area contributed by atoms with Gasteiger partial charge >= 0.3 is 5.97 Å². The highest BCUT2D eigenvalue weighted by Gasteiger charge is 2.39. The summed E-state index contributed by atoms with van der Waals surface area (Å²) in [4.78, 5) is 13.0. The van der Waals surface area contributed by atoms with E-state index in [1.54, 1.807) is 0 Å². The maximum Gasteiger partial charge on any atom is 0.317 e. The van der Waals surface area contributed by atoms with Gasteiger partial charge < -0.3 is 5.11 Å². The Morgan fingerprint density at radius 1 is 1.50 bits per heavy atom. The van der Waals surface area contributed by atoms with E-state index in [4.69, 9.17) is 5.11 Å². The van der Waals surface area contributed by atoms with Gasteiger partial charge in [0.25, 0.3) is 0 Å². The molecule has 0 aromatic rings. The fourth-order valence-electron chi connectivity index (χ4n) is 2.24. The molecule has 1 saturated heterocycles. The quantitative estimate of drug-likeness (QED) is 0.770. The molecule has 1 heterocycles. The second kappa shape index (κ2) is 4.11. The standard InChI is InChI=1S/C10H17NO2S/c1-7-9(4-5-14-7)11(6-10(12)13)8-2-3-8/h7-9H,2-6H2,1H3,(H,12,13). The third-order valence-corrected chi connectivity index (χ3v) is 4.41. The molecule has 14 heavy (non-hydrogen) atoms. The van der Waals surface area contributed by atoms with Crippen LogP contribution in [-0.4, -0.2) is 45.6 Å². The minimum absolute atomic E-state index is 0.236. The predicted octanol–water partition coefficient (Wildman–Crippen LogP) is 1.43. The van der Waals surface area contributed by atoms with Crippen LogP contribution in [0.4, 0.5) is 0 Å². The number of aliphatic carboxylic acids is 1. The zero-order valence-corrected chi connectivity index (χ0v) is 9.30. The van der Waals surface area contributed by atoms with E-state index in [9.17, 15) is 4.79 Å². The molecule has 2 fully saturated rings. The first-order valence-electron chi connectivity index (χ1n) is 5.27. The molecule has 1 N–H and O–H groups in total. The molecule has 0 radical (unpaired) electrons. The lowest BCUT2D eigenvalue weighted by molar-refractivity contribution is -0.139. The summed E-state index contributed by atoms with van der Waals surface area (Å²) in [5, 5.41) is 9.47. The molecule has 0 bridgehead atoms. The molecule has 1 aliphatic heterocycles. The van der Waals surface area contributed by atoms with Crippen molar-refractivity contribution in [3.63, 3.8) is 0 Å². The van der Waals surface area contributed by atoms with Crippen LogP contribution in [0.1, 0.15) is 26.2 Å².